The molecular formula is C11H17N5O2. The van der Waals surface area contributed by atoms with E-state index in [-0.39, 0.29) is 6.04 Å². The lowest BCUT2D eigenvalue weighted by molar-refractivity contribution is 0.517. The fourth-order valence-electron chi connectivity index (χ4n) is 1.99. The summed E-state index contributed by atoms with van der Waals surface area (Å²) in [6.45, 7) is 4.80. The van der Waals surface area contributed by atoms with Crippen LogP contribution in [-0.4, -0.2) is 25.6 Å². The summed E-state index contributed by atoms with van der Waals surface area (Å²) in [5, 5.41) is 0. The average molecular weight is 251 g/mol. The van der Waals surface area contributed by atoms with E-state index >= 15 is 0 Å². The number of nitrogens with two attached hydrogens (primary N) is 1. The number of nitrogens with zero attached hydrogens (tertiary/aromatic N) is 3. The van der Waals surface area contributed by atoms with Crippen molar-refractivity contribution in [2.75, 3.05) is 6.54 Å². The van der Waals surface area contributed by atoms with Crippen LogP contribution in [0.15, 0.2) is 15.9 Å². The van der Waals surface area contributed by atoms with E-state index in [4.69, 9.17) is 5.73 Å². The van der Waals surface area contributed by atoms with Crippen molar-refractivity contribution in [3.05, 3.63) is 27.2 Å². The molecule has 0 aliphatic rings. The van der Waals surface area contributed by atoms with Gasteiger partial charge in [0, 0.05) is 19.1 Å². The van der Waals surface area contributed by atoms with Crippen molar-refractivity contribution in [2.45, 2.75) is 32.9 Å². The third kappa shape index (κ3) is 1.86. The van der Waals surface area contributed by atoms with Crippen LogP contribution in [0.1, 0.15) is 26.3 Å². The summed E-state index contributed by atoms with van der Waals surface area (Å²) >= 11 is 0. The summed E-state index contributed by atoms with van der Waals surface area (Å²) in [4.78, 5) is 30.2. The topological polar surface area (TPSA) is 98.7 Å². The predicted octanol–water partition coefficient (Wildman–Crippen LogP) is -0.184. The Balaban J connectivity index is 2.80. The zero-order chi connectivity index (χ0) is 13.3. The largest absolute Gasteiger partial charge is 0.330 e. The van der Waals surface area contributed by atoms with Gasteiger partial charge >= 0.3 is 5.69 Å². The maximum Gasteiger partial charge on any atom is 0.330 e. The summed E-state index contributed by atoms with van der Waals surface area (Å²) in [5.41, 5.74) is 5.48. The van der Waals surface area contributed by atoms with Gasteiger partial charge in [-0.1, -0.05) is 6.92 Å². The number of aromatic nitrogens is 4. The van der Waals surface area contributed by atoms with Crippen LogP contribution in [0.25, 0.3) is 11.2 Å². The minimum atomic E-state index is -0.417. The molecule has 0 radical (unpaired) electrons. The number of H-pyrrole nitrogens is 1. The number of hydrogen-bond acceptors (Lipinski definition) is 4. The number of imidazole rings is 1. The fraction of sp³-hybridized carbons (Fsp3) is 0.545. The molecule has 1 atom stereocenters. The first-order chi connectivity index (χ1) is 8.60. The second-order valence-electron chi connectivity index (χ2n) is 4.29. The minimum Gasteiger partial charge on any atom is -0.329 e. The first-order valence-electron chi connectivity index (χ1n) is 5.99. The van der Waals surface area contributed by atoms with Crippen LogP contribution in [0.5, 0.6) is 0 Å². The maximum absolute atomic E-state index is 11.9. The van der Waals surface area contributed by atoms with Crippen LogP contribution in [0, 0.1) is 0 Å². The molecule has 0 aliphatic heterocycles. The Bertz CT molecular complexity index is 666. The van der Waals surface area contributed by atoms with E-state index in [9.17, 15) is 9.59 Å². The molecule has 0 saturated heterocycles. The zero-order valence-corrected chi connectivity index (χ0v) is 10.5. The van der Waals surface area contributed by atoms with Gasteiger partial charge in [0.15, 0.2) is 11.2 Å². The van der Waals surface area contributed by atoms with Crippen LogP contribution in [0.4, 0.5) is 0 Å². The van der Waals surface area contributed by atoms with Gasteiger partial charge in [0.2, 0.25) is 0 Å². The molecule has 0 spiro atoms. The molecule has 2 heterocycles. The van der Waals surface area contributed by atoms with Gasteiger partial charge in [0.1, 0.15) is 0 Å². The number of fused-ring (bicyclic) bond motifs is 1. The molecule has 2 aromatic rings. The maximum atomic E-state index is 11.9. The molecule has 98 valence electrons. The van der Waals surface area contributed by atoms with Crippen molar-refractivity contribution in [1.29, 1.82) is 0 Å². The Morgan fingerprint density at radius 1 is 1.50 bits per heavy atom. The van der Waals surface area contributed by atoms with Gasteiger partial charge in [-0.05, 0) is 13.3 Å². The van der Waals surface area contributed by atoms with Crippen molar-refractivity contribution >= 4 is 11.2 Å². The molecule has 0 bridgehead atoms. The van der Waals surface area contributed by atoms with Crippen LogP contribution in [-0.2, 0) is 6.54 Å². The SMILES string of the molecule is CCC(C)n1c(=O)[nH]c(=O)c2c1ncn2CCN. The lowest BCUT2D eigenvalue weighted by atomic mass is 10.2. The summed E-state index contributed by atoms with van der Waals surface area (Å²) in [7, 11) is 0. The van der Waals surface area contributed by atoms with Crippen molar-refractivity contribution in [3.63, 3.8) is 0 Å². The van der Waals surface area contributed by atoms with Gasteiger partial charge in [-0.2, -0.15) is 0 Å². The van der Waals surface area contributed by atoms with E-state index in [0.717, 1.165) is 6.42 Å². The Labute approximate surface area is 103 Å². The zero-order valence-electron chi connectivity index (χ0n) is 10.5. The van der Waals surface area contributed by atoms with E-state index in [1.54, 1.807) is 10.9 Å². The van der Waals surface area contributed by atoms with Gasteiger partial charge in [0.25, 0.3) is 5.56 Å². The van der Waals surface area contributed by atoms with E-state index in [0.29, 0.717) is 24.3 Å². The highest BCUT2D eigenvalue weighted by Gasteiger charge is 2.16. The number of rotatable bonds is 4. The molecule has 1 unspecified atom stereocenters. The fourth-order valence-corrected chi connectivity index (χ4v) is 1.99. The second-order valence-corrected chi connectivity index (χ2v) is 4.29. The van der Waals surface area contributed by atoms with E-state index < -0.39 is 11.2 Å². The van der Waals surface area contributed by atoms with Gasteiger partial charge in [-0.15, -0.1) is 0 Å². The molecule has 0 aliphatic carbocycles. The molecule has 0 fully saturated rings. The van der Waals surface area contributed by atoms with Crippen LogP contribution < -0.4 is 17.0 Å². The highest BCUT2D eigenvalue weighted by molar-refractivity contribution is 5.70. The molecule has 0 amide bonds. The quantitative estimate of drug-likeness (QED) is 0.787. The Hall–Kier alpha value is -1.89. The lowest BCUT2D eigenvalue weighted by Crippen LogP contribution is -2.32. The van der Waals surface area contributed by atoms with E-state index in [1.165, 1.54) is 4.57 Å². The van der Waals surface area contributed by atoms with Crippen LogP contribution in [0.2, 0.25) is 0 Å². The van der Waals surface area contributed by atoms with Gasteiger partial charge in [0.05, 0.1) is 6.33 Å². The molecule has 2 rings (SSSR count). The van der Waals surface area contributed by atoms with Crippen LogP contribution >= 0.6 is 0 Å². The van der Waals surface area contributed by atoms with Crippen molar-refractivity contribution in [1.82, 2.24) is 19.1 Å². The second kappa shape index (κ2) is 4.77. The van der Waals surface area contributed by atoms with Gasteiger partial charge < -0.3 is 10.3 Å². The monoisotopic (exact) mass is 251 g/mol. The molecular weight excluding hydrogens is 234 g/mol. The first kappa shape index (κ1) is 12.6. The van der Waals surface area contributed by atoms with Gasteiger partial charge in [-0.25, -0.2) is 9.78 Å². The third-order valence-corrected chi connectivity index (χ3v) is 3.10. The Kier molecular flexibility index (Phi) is 3.33. The average Bonchev–Trinajstić information content (AvgIpc) is 2.73. The van der Waals surface area contributed by atoms with Crippen LogP contribution in [0.3, 0.4) is 0 Å². The Morgan fingerprint density at radius 3 is 2.83 bits per heavy atom. The van der Waals surface area contributed by atoms with Crippen molar-refractivity contribution < 1.29 is 0 Å². The molecule has 7 heteroatoms. The highest BCUT2D eigenvalue weighted by atomic mass is 16.2. The third-order valence-electron chi connectivity index (χ3n) is 3.10. The van der Waals surface area contributed by atoms with Crippen molar-refractivity contribution in [3.8, 4) is 0 Å². The van der Waals surface area contributed by atoms with Crippen molar-refractivity contribution in [2.24, 2.45) is 5.73 Å². The summed E-state index contributed by atoms with van der Waals surface area (Å²) in [5.74, 6) is 0. The number of hydrogen-bond donors (Lipinski definition) is 2. The molecule has 0 saturated carbocycles. The molecule has 18 heavy (non-hydrogen) atoms. The molecule has 3 N–H and O–H groups in total. The molecule has 0 aromatic carbocycles. The summed E-state index contributed by atoms with van der Waals surface area (Å²) in [6, 6.07) is -0.0157. The smallest absolute Gasteiger partial charge is 0.329 e. The summed E-state index contributed by atoms with van der Waals surface area (Å²) in [6.07, 6.45) is 2.33. The van der Waals surface area contributed by atoms with E-state index in [1.807, 2.05) is 13.8 Å². The van der Waals surface area contributed by atoms with E-state index in [2.05, 4.69) is 9.97 Å². The number of aromatic amines is 1. The van der Waals surface area contributed by atoms with Gasteiger partial charge in [-0.3, -0.25) is 14.3 Å². The normalized spacial score (nSPS) is 13.1. The highest BCUT2D eigenvalue weighted by Crippen LogP contribution is 2.13. The predicted molar refractivity (Wildman–Crippen MR) is 68.7 cm³/mol. The summed E-state index contributed by atoms with van der Waals surface area (Å²) < 4.78 is 3.19. The first-order valence-corrected chi connectivity index (χ1v) is 5.99. The number of nitrogens with one attached hydrogen (secondary N) is 1. The molecule has 2 aromatic heterocycles. The minimum absolute atomic E-state index is 0.0157. The Morgan fingerprint density at radius 2 is 2.22 bits per heavy atom. The standard InChI is InChI=1S/C11H17N5O2/c1-3-7(2)16-9-8(10(17)14-11(16)18)15(5-4-12)6-13-9/h6-7H,3-5,12H2,1-2H3,(H,14,17,18). The lowest BCUT2D eigenvalue weighted by Gasteiger charge is -2.12. The molecule has 7 nitrogen and oxygen atoms in total.